The second-order valence-electron chi connectivity index (χ2n) is 6.22. The van der Waals surface area contributed by atoms with E-state index in [0.717, 1.165) is 50.1 Å². The summed E-state index contributed by atoms with van der Waals surface area (Å²) in [5, 5.41) is 10.5. The largest absolute Gasteiger partial charge is 0.491 e. The zero-order valence-corrected chi connectivity index (χ0v) is 12.4. The first kappa shape index (κ1) is 14.4. The maximum Gasteiger partial charge on any atom is 0.227 e. The van der Waals surface area contributed by atoms with Gasteiger partial charge >= 0.3 is 0 Å². The van der Waals surface area contributed by atoms with Crippen LogP contribution in [-0.4, -0.2) is 29.8 Å². The van der Waals surface area contributed by atoms with Crippen LogP contribution >= 0.6 is 0 Å². The van der Waals surface area contributed by atoms with Gasteiger partial charge in [-0.15, -0.1) is 0 Å². The van der Waals surface area contributed by atoms with Gasteiger partial charge in [0.15, 0.2) is 0 Å². The number of aliphatic hydroxyl groups is 1. The topological polar surface area (TPSA) is 49.8 Å². The van der Waals surface area contributed by atoms with E-state index in [1.54, 1.807) is 0 Å². The third-order valence-electron chi connectivity index (χ3n) is 4.49. The molecule has 0 aromatic heterocycles. The average Bonchev–Trinajstić information content (AvgIpc) is 2.93. The second kappa shape index (κ2) is 6.06. The van der Waals surface area contributed by atoms with Crippen LogP contribution in [0, 0.1) is 0 Å². The van der Waals surface area contributed by atoms with Gasteiger partial charge in [0.05, 0.1) is 5.60 Å². The molecule has 1 aliphatic heterocycles. The number of anilines is 1. The third kappa shape index (κ3) is 3.38. The Morgan fingerprint density at radius 3 is 2.71 bits per heavy atom. The Morgan fingerprint density at radius 2 is 2.00 bits per heavy atom. The fourth-order valence-corrected chi connectivity index (χ4v) is 3.23. The molecular formula is C17H23NO3. The van der Waals surface area contributed by atoms with Crippen molar-refractivity contribution >= 4 is 11.6 Å². The summed E-state index contributed by atoms with van der Waals surface area (Å²) in [5.74, 6) is 0.907. The van der Waals surface area contributed by atoms with Crippen LogP contribution in [-0.2, 0) is 4.79 Å². The van der Waals surface area contributed by atoms with E-state index in [0.29, 0.717) is 13.0 Å². The normalized spacial score (nSPS) is 21.6. The Bertz CT molecular complexity index is 509. The molecule has 0 atom stereocenters. The fourth-order valence-electron chi connectivity index (χ4n) is 3.23. The highest BCUT2D eigenvalue weighted by molar-refractivity contribution is 5.95. The Hall–Kier alpha value is -1.55. The molecule has 0 spiro atoms. The SMILES string of the molecule is O=C1CCCN1c1cccc(OCC2(O)CCCCC2)c1. The van der Waals surface area contributed by atoms with Crippen LogP contribution in [0.1, 0.15) is 44.9 Å². The van der Waals surface area contributed by atoms with Crippen LogP contribution < -0.4 is 9.64 Å². The van der Waals surface area contributed by atoms with Gasteiger partial charge < -0.3 is 14.7 Å². The first-order chi connectivity index (χ1) is 10.2. The summed E-state index contributed by atoms with van der Waals surface area (Å²) in [5.41, 5.74) is 0.211. The smallest absolute Gasteiger partial charge is 0.227 e. The summed E-state index contributed by atoms with van der Waals surface area (Å²) in [7, 11) is 0. The van der Waals surface area contributed by atoms with Crippen molar-refractivity contribution in [3.05, 3.63) is 24.3 Å². The lowest BCUT2D eigenvalue weighted by atomic mass is 9.85. The lowest BCUT2D eigenvalue weighted by Crippen LogP contribution is -2.37. The molecule has 1 aromatic carbocycles. The Balaban J connectivity index is 1.64. The van der Waals surface area contributed by atoms with E-state index < -0.39 is 5.60 Å². The fraction of sp³-hybridized carbons (Fsp3) is 0.588. The average molecular weight is 289 g/mol. The highest BCUT2D eigenvalue weighted by Crippen LogP contribution is 2.30. The predicted molar refractivity (Wildman–Crippen MR) is 81.6 cm³/mol. The van der Waals surface area contributed by atoms with E-state index in [4.69, 9.17) is 4.74 Å². The van der Waals surface area contributed by atoms with E-state index in [1.165, 1.54) is 6.42 Å². The van der Waals surface area contributed by atoms with Crippen molar-refractivity contribution in [3.8, 4) is 5.75 Å². The Morgan fingerprint density at radius 1 is 1.19 bits per heavy atom. The maximum absolute atomic E-state index is 11.8. The molecule has 1 aliphatic carbocycles. The highest BCUT2D eigenvalue weighted by Gasteiger charge is 2.30. The summed E-state index contributed by atoms with van der Waals surface area (Å²) in [6.45, 7) is 1.12. The number of benzene rings is 1. The van der Waals surface area contributed by atoms with Crippen LogP contribution in [0.2, 0.25) is 0 Å². The summed E-state index contributed by atoms with van der Waals surface area (Å²) in [6.07, 6.45) is 6.53. The number of hydrogen-bond acceptors (Lipinski definition) is 3. The summed E-state index contributed by atoms with van der Waals surface area (Å²) < 4.78 is 5.80. The molecule has 4 heteroatoms. The third-order valence-corrected chi connectivity index (χ3v) is 4.49. The lowest BCUT2D eigenvalue weighted by molar-refractivity contribution is -0.117. The summed E-state index contributed by atoms with van der Waals surface area (Å²) >= 11 is 0. The van der Waals surface area contributed by atoms with Gasteiger partial charge in [0, 0.05) is 24.7 Å². The lowest BCUT2D eigenvalue weighted by Gasteiger charge is -2.31. The molecule has 114 valence electrons. The number of hydrogen-bond donors (Lipinski definition) is 1. The van der Waals surface area contributed by atoms with Crippen LogP contribution in [0.3, 0.4) is 0 Å². The van der Waals surface area contributed by atoms with Gasteiger partial charge in [0.25, 0.3) is 0 Å². The predicted octanol–water partition coefficient (Wildman–Crippen LogP) is 2.89. The van der Waals surface area contributed by atoms with Crippen molar-refractivity contribution < 1.29 is 14.6 Å². The van der Waals surface area contributed by atoms with Crippen molar-refractivity contribution in [2.24, 2.45) is 0 Å². The summed E-state index contributed by atoms with van der Waals surface area (Å²) in [6, 6.07) is 7.62. The highest BCUT2D eigenvalue weighted by atomic mass is 16.5. The minimum atomic E-state index is -0.683. The minimum Gasteiger partial charge on any atom is -0.491 e. The molecule has 0 radical (unpaired) electrons. The van der Waals surface area contributed by atoms with Crippen molar-refractivity contribution in [1.29, 1.82) is 0 Å². The zero-order valence-electron chi connectivity index (χ0n) is 12.4. The second-order valence-corrected chi connectivity index (χ2v) is 6.22. The van der Waals surface area contributed by atoms with Crippen LogP contribution in [0.4, 0.5) is 5.69 Å². The molecule has 1 amide bonds. The van der Waals surface area contributed by atoms with Crippen molar-refractivity contribution in [3.63, 3.8) is 0 Å². The monoisotopic (exact) mass is 289 g/mol. The molecule has 1 saturated carbocycles. The van der Waals surface area contributed by atoms with Gasteiger partial charge in [-0.05, 0) is 31.4 Å². The first-order valence-corrected chi connectivity index (χ1v) is 7.92. The Kier molecular flexibility index (Phi) is 4.15. The van der Waals surface area contributed by atoms with Gasteiger partial charge in [0.1, 0.15) is 12.4 Å². The molecular weight excluding hydrogens is 266 g/mol. The standard InChI is InChI=1S/C17H23NO3/c19-16-8-5-11-18(16)14-6-4-7-15(12-14)21-13-17(20)9-2-1-3-10-17/h4,6-7,12,20H,1-3,5,8-11,13H2. The van der Waals surface area contributed by atoms with Crippen LogP contribution in [0.5, 0.6) is 5.75 Å². The minimum absolute atomic E-state index is 0.179. The van der Waals surface area contributed by atoms with Crippen molar-refractivity contribution in [1.82, 2.24) is 0 Å². The molecule has 3 rings (SSSR count). The van der Waals surface area contributed by atoms with Gasteiger partial charge in [-0.1, -0.05) is 25.3 Å². The number of nitrogens with zero attached hydrogens (tertiary/aromatic N) is 1. The maximum atomic E-state index is 11.8. The quantitative estimate of drug-likeness (QED) is 0.927. The van der Waals surface area contributed by atoms with Gasteiger partial charge in [0.2, 0.25) is 5.91 Å². The van der Waals surface area contributed by atoms with Crippen molar-refractivity contribution in [2.45, 2.75) is 50.5 Å². The van der Waals surface area contributed by atoms with E-state index in [-0.39, 0.29) is 5.91 Å². The Labute approximate surface area is 125 Å². The van der Waals surface area contributed by atoms with E-state index in [1.807, 2.05) is 29.2 Å². The zero-order chi connectivity index (χ0) is 14.7. The molecule has 0 bridgehead atoms. The van der Waals surface area contributed by atoms with Gasteiger partial charge in [-0.25, -0.2) is 0 Å². The van der Waals surface area contributed by atoms with Gasteiger partial charge in [-0.3, -0.25) is 4.79 Å². The molecule has 1 aromatic rings. The molecule has 0 unspecified atom stereocenters. The number of rotatable bonds is 4. The molecule has 1 N–H and O–H groups in total. The van der Waals surface area contributed by atoms with E-state index >= 15 is 0 Å². The molecule has 1 heterocycles. The molecule has 2 fully saturated rings. The number of carbonyl (C=O) groups excluding carboxylic acids is 1. The number of amides is 1. The molecule has 2 aliphatic rings. The summed E-state index contributed by atoms with van der Waals surface area (Å²) in [4.78, 5) is 13.6. The van der Waals surface area contributed by atoms with Crippen LogP contribution in [0.25, 0.3) is 0 Å². The van der Waals surface area contributed by atoms with E-state index in [9.17, 15) is 9.90 Å². The molecule has 4 nitrogen and oxygen atoms in total. The molecule has 1 saturated heterocycles. The molecule has 21 heavy (non-hydrogen) atoms. The van der Waals surface area contributed by atoms with Crippen molar-refractivity contribution in [2.75, 3.05) is 18.1 Å². The van der Waals surface area contributed by atoms with Crippen LogP contribution in [0.15, 0.2) is 24.3 Å². The number of carbonyl (C=O) groups is 1. The van der Waals surface area contributed by atoms with E-state index in [2.05, 4.69) is 0 Å². The van der Waals surface area contributed by atoms with Gasteiger partial charge in [-0.2, -0.15) is 0 Å². The number of ether oxygens (including phenoxy) is 1. The first-order valence-electron chi connectivity index (χ1n) is 7.92.